The van der Waals surface area contributed by atoms with Crippen molar-refractivity contribution in [3.8, 4) is 10.7 Å². The topological polar surface area (TPSA) is 73.8 Å². The first-order chi connectivity index (χ1) is 12.3. The summed E-state index contributed by atoms with van der Waals surface area (Å²) in [5, 5.41) is 14.0. The van der Waals surface area contributed by atoms with Crippen molar-refractivity contribution < 1.29 is 0 Å². The van der Waals surface area contributed by atoms with Crippen LogP contribution in [0.25, 0.3) is 26.7 Å². The summed E-state index contributed by atoms with van der Waals surface area (Å²) < 4.78 is 3.93. The molecule has 7 nitrogen and oxygen atoms in total. The zero-order valence-corrected chi connectivity index (χ0v) is 14.2. The number of benzene rings is 1. The summed E-state index contributed by atoms with van der Waals surface area (Å²) >= 11 is 1.48. The van der Waals surface area contributed by atoms with Gasteiger partial charge in [-0.25, -0.2) is 4.98 Å². The van der Waals surface area contributed by atoms with E-state index in [1.165, 1.54) is 11.3 Å². The minimum Gasteiger partial charge on any atom is -0.320 e. The summed E-state index contributed by atoms with van der Waals surface area (Å²) in [5.74, 6) is 1.72. The predicted octanol–water partition coefficient (Wildman–Crippen LogP) is 2.95. The molecule has 0 amide bonds. The number of aromatic nitrogens is 7. The molecule has 0 bridgehead atoms. The molecule has 25 heavy (non-hydrogen) atoms. The average molecular weight is 347 g/mol. The van der Waals surface area contributed by atoms with E-state index in [1.54, 1.807) is 10.7 Å². The minimum atomic E-state index is 0.568. The maximum Gasteiger partial charge on any atom is 0.235 e. The van der Waals surface area contributed by atoms with Gasteiger partial charge in [-0.3, -0.25) is 4.98 Å². The molecule has 0 aliphatic carbocycles. The van der Waals surface area contributed by atoms with Gasteiger partial charge in [0.25, 0.3) is 0 Å². The Bertz CT molecular complexity index is 1190. The summed E-state index contributed by atoms with van der Waals surface area (Å²) in [7, 11) is 0. The molecule has 0 aliphatic heterocycles. The van der Waals surface area contributed by atoms with Gasteiger partial charge in [0.1, 0.15) is 11.5 Å². The lowest BCUT2D eigenvalue weighted by atomic mass is 10.3. The minimum absolute atomic E-state index is 0.568. The first-order valence-corrected chi connectivity index (χ1v) is 8.65. The summed E-state index contributed by atoms with van der Waals surface area (Å²) in [6.07, 6.45) is 1.76. The van der Waals surface area contributed by atoms with E-state index in [1.807, 2.05) is 43.3 Å². The second kappa shape index (κ2) is 5.45. The summed E-state index contributed by atoms with van der Waals surface area (Å²) in [6.45, 7) is 2.57. The smallest absolute Gasteiger partial charge is 0.235 e. The number of hydrogen-bond donors (Lipinski definition) is 0. The van der Waals surface area contributed by atoms with E-state index in [9.17, 15) is 0 Å². The maximum absolute atomic E-state index is 4.65. The van der Waals surface area contributed by atoms with Crippen LogP contribution in [0.1, 0.15) is 11.6 Å². The van der Waals surface area contributed by atoms with Gasteiger partial charge in [-0.2, -0.15) is 9.61 Å². The molecular formula is C17H13N7S. The van der Waals surface area contributed by atoms with Crippen molar-refractivity contribution in [1.29, 1.82) is 0 Å². The Morgan fingerprint density at radius 1 is 1.04 bits per heavy atom. The molecule has 0 atom stereocenters. The zero-order chi connectivity index (χ0) is 16.8. The third-order valence-electron chi connectivity index (χ3n) is 4.08. The van der Waals surface area contributed by atoms with E-state index in [-0.39, 0.29) is 0 Å². The molecule has 0 unspecified atom stereocenters. The molecule has 0 saturated heterocycles. The monoisotopic (exact) mass is 347 g/mol. The van der Waals surface area contributed by atoms with E-state index < -0.39 is 0 Å². The number of aryl methyl sites for hydroxylation is 1. The first kappa shape index (κ1) is 14.2. The fourth-order valence-corrected chi connectivity index (χ4v) is 3.72. The molecule has 8 heteroatoms. The van der Waals surface area contributed by atoms with E-state index in [4.69, 9.17) is 0 Å². The van der Waals surface area contributed by atoms with E-state index in [0.717, 1.165) is 38.3 Å². The van der Waals surface area contributed by atoms with E-state index in [2.05, 4.69) is 35.9 Å². The van der Waals surface area contributed by atoms with Crippen LogP contribution in [0.2, 0.25) is 0 Å². The molecule has 0 radical (unpaired) electrons. The molecule has 5 rings (SSSR count). The van der Waals surface area contributed by atoms with E-state index >= 15 is 0 Å². The van der Waals surface area contributed by atoms with Gasteiger partial charge in [-0.1, -0.05) is 29.5 Å². The molecule has 122 valence electrons. The molecular weight excluding hydrogens is 334 g/mol. The number of imidazole rings is 1. The number of nitrogens with zero attached hydrogens (tertiary/aromatic N) is 7. The van der Waals surface area contributed by atoms with Gasteiger partial charge < -0.3 is 4.57 Å². The molecule has 0 aliphatic rings. The van der Waals surface area contributed by atoms with Crippen molar-refractivity contribution in [3.63, 3.8) is 0 Å². The largest absolute Gasteiger partial charge is 0.320 e. The highest BCUT2D eigenvalue weighted by Gasteiger charge is 2.16. The summed E-state index contributed by atoms with van der Waals surface area (Å²) in [6, 6.07) is 13.9. The molecule has 4 heterocycles. The molecule has 1 aromatic carbocycles. The Morgan fingerprint density at radius 2 is 1.92 bits per heavy atom. The molecule has 0 N–H and O–H groups in total. The van der Waals surface area contributed by atoms with Crippen LogP contribution in [0.5, 0.6) is 0 Å². The van der Waals surface area contributed by atoms with Gasteiger partial charge in [0, 0.05) is 6.20 Å². The first-order valence-electron chi connectivity index (χ1n) is 7.84. The fourth-order valence-electron chi connectivity index (χ4n) is 2.89. The molecule has 0 saturated carbocycles. The summed E-state index contributed by atoms with van der Waals surface area (Å²) in [5.41, 5.74) is 2.90. The van der Waals surface area contributed by atoms with Crippen LogP contribution in [0.4, 0.5) is 0 Å². The number of fused-ring (bicyclic) bond motifs is 2. The lowest BCUT2D eigenvalue weighted by Gasteiger charge is -2.04. The van der Waals surface area contributed by atoms with Crippen LogP contribution in [0.3, 0.4) is 0 Å². The van der Waals surface area contributed by atoms with Gasteiger partial charge in [0.15, 0.2) is 10.8 Å². The fraction of sp³-hybridized carbons (Fsp3) is 0.118. The van der Waals surface area contributed by atoms with Crippen LogP contribution in [-0.4, -0.2) is 34.3 Å². The van der Waals surface area contributed by atoms with Crippen molar-refractivity contribution in [2.45, 2.75) is 13.5 Å². The van der Waals surface area contributed by atoms with Gasteiger partial charge in [0.05, 0.1) is 17.6 Å². The number of pyridine rings is 1. The van der Waals surface area contributed by atoms with Gasteiger partial charge in [-0.05, 0) is 31.2 Å². The van der Waals surface area contributed by atoms with Crippen LogP contribution < -0.4 is 0 Å². The zero-order valence-electron chi connectivity index (χ0n) is 13.4. The Hall–Kier alpha value is -3.13. The van der Waals surface area contributed by atoms with Gasteiger partial charge in [-0.15, -0.1) is 10.2 Å². The average Bonchev–Trinajstić information content (AvgIpc) is 3.30. The number of para-hydroxylation sites is 2. The van der Waals surface area contributed by atoms with Crippen molar-refractivity contribution in [1.82, 2.24) is 34.3 Å². The molecule has 0 spiro atoms. The lowest BCUT2D eigenvalue weighted by Crippen LogP contribution is -2.06. The molecule has 5 aromatic rings. The predicted molar refractivity (Wildman–Crippen MR) is 95.5 cm³/mol. The maximum atomic E-state index is 4.65. The van der Waals surface area contributed by atoms with Gasteiger partial charge >= 0.3 is 0 Å². The highest BCUT2D eigenvalue weighted by atomic mass is 32.1. The SMILES string of the molecule is Cc1nc2ccccc2n1Cc1nnc2sc(-c3ccccn3)nn12. The van der Waals surface area contributed by atoms with E-state index in [0.29, 0.717) is 6.54 Å². The molecule has 0 fully saturated rings. The Labute approximate surface area is 146 Å². The highest BCUT2D eigenvalue weighted by Crippen LogP contribution is 2.24. The Balaban J connectivity index is 1.59. The van der Waals surface area contributed by atoms with Crippen LogP contribution in [0.15, 0.2) is 48.7 Å². The van der Waals surface area contributed by atoms with Crippen molar-refractivity contribution >= 4 is 27.3 Å². The van der Waals surface area contributed by atoms with Crippen LogP contribution in [0, 0.1) is 6.92 Å². The van der Waals surface area contributed by atoms with Crippen LogP contribution >= 0.6 is 11.3 Å². The van der Waals surface area contributed by atoms with Crippen molar-refractivity contribution in [2.24, 2.45) is 0 Å². The number of rotatable bonds is 3. The molecule has 4 aromatic heterocycles. The highest BCUT2D eigenvalue weighted by molar-refractivity contribution is 7.19. The standard InChI is InChI=1S/C17H13N7S/c1-11-19-12-6-2-3-8-14(12)23(11)10-15-20-21-17-24(15)22-16(25-17)13-7-4-5-9-18-13/h2-9H,10H2,1H3. The second-order valence-electron chi connectivity index (χ2n) is 5.67. The van der Waals surface area contributed by atoms with Crippen LogP contribution in [-0.2, 0) is 6.54 Å². The van der Waals surface area contributed by atoms with Gasteiger partial charge in [0.2, 0.25) is 4.96 Å². The van der Waals surface area contributed by atoms with Crippen molar-refractivity contribution in [3.05, 3.63) is 60.3 Å². The van der Waals surface area contributed by atoms with Crippen molar-refractivity contribution in [2.75, 3.05) is 0 Å². The normalized spacial score (nSPS) is 11.6. The lowest BCUT2D eigenvalue weighted by molar-refractivity contribution is 0.707. The second-order valence-corrected chi connectivity index (χ2v) is 6.62. The number of hydrogen-bond acceptors (Lipinski definition) is 6. The Morgan fingerprint density at radius 3 is 2.80 bits per heavy atom. The Kier molecular flexibility index (Phi) is 3.10. The third-order valence-corrected chi connectivity index (χ3v) is 5.01. The third kappa shape index (κ3) is 2.30. The quantitative estimate of drug-likeness (QED) is 0.502. The summed E-state index contributed by atoms with van der Waals surface area (Å²) in [4.78, 5) is 9.72.